The van der Waals surface area contributed by atoms with Gasteiger partial charge in [-0.25, -0.2) is 4.79 Å². The topological polar surface area (TPSA) is 41.9 Å². The Hall–Kier alpha value is -2.62. The van der Waals surface area contributed by atoms with Gasteiger partial charge in [-0.2, -0.15) is 0 Å². The van der Waals surface area contributed by atoms with E-state index in [1.807, 2.05) is 35.2 Å². The second kappa shape index (κ2) is 7.55. The number of benzene rings is 2. The molecule has 0 radical (unpaired) electrons. The molecule has 140 valence electrons. The van der Waals surface area contributed by atoms with E-state index >= 15 is 0 Å². The normalized spacial score (nSPS) is 19.3. The van der Waals surface area contributed by atoms with Gasteiger partial charge in [0.1, 0.15) is 6.61 Å². The lowest BCUT2D eigenvalue weighted by Crippen LogP contribution is -2.44. The van der Waals surface area contributed by atoms with Gasteiger partial charge in [-0.3, -0.25) is 4.99 Å². The van der Waals surface area contributed by atoms with Gasteiger partial charge in [0, 0.05) is 30.8 Å². The zero-order chi connectivity index (χ0) is 18.7. The van der Waals surface area contributed by atoms with Crippen molar-refractivity contribution < 1.29 is 9.53 Å². The number of nitrogens with zero attached hydrogens (tertiary/aromatic N) is 2. The Labute approximate surface area is 160 Å². The van der Waals surface area contributed by atoms with Gasteiger partial charge in [-0.05, 0) is 42.9 Å². The van der Waals surface area contributed by atoms with Crippen LogP contribution in [0, 0.1) is 0 Å². The number of rotatable bonds is 3. The Morgan fingerprint density at radius 1 is 1.07 bits per heavy atom. The van der Waals surface area contributed by atoms with Crippen LogP contribution in [0.1, 0.15) is 42.9 Å². The number of hydrogen-bond donors (Lipinski definition) is 0. The molecular weight excluding hydrogens is 336 g/mol. The number of piperidine rings is 1. The minimum Gasteiger partial charge on any atom is -0.445 e. The third-order valence-electron chi connectivity index (χ3n) is 5.85. The lowest BCUT2D eigenvalue weighted by Gasteiger charge is -2.39. The number of fused-ring (bicyclic) bond motifs is 2. The van der Waals surface area contributed by atoms with E-state index in [0.717, 1.165) is 44.5 Å². The molecule has 0 unspecified atom stereocenters. The van der Waals surface area contributed by atoms with Crippen molar-refractivity contribution in [3.05, 3.63) is 71.3 Å². The average molecular weight is 362 g/mol. The predicted octanol–water partition coefficient (Wildman–Crippen LogP) is 4.57. The molecule has 0 aromatic heterocycles. The van der Waals surface area contributed by atoms with Crippen molar-refractivity contribution in [3.8, 4) is 0 Å². The molecule has 2 aromatic rings. The summed E-state index contributed by atoms with van der Waals surface area (Å²) in [4.78, 5) is 19.1. The van der Waals surface area contributed by atoms with Gasteiger partial charge in [0.2, 0.25) is 0 Å². The van der Waals surface area contributed by atoms with Crippen LogP contribution in [0.3, 0.4) is 0 Å². The summed E-state index contributed by atoms with van der Waals surface area (Å²) >= 11 is 0. The highest BCUT2D eigenvalue weighted by molar-refractivity contribution is 6.06. The first-order valence-corrected chi connectivity index (χ1v) is 9.81. The van der Waals surface area contributed by atoms with Crippen molar-refractivity contribution in [2.24, 2.45) is 4.99 Å². The van der Waals surface area contributed by atoms with Crippen LogP contribution in [0.15, 0.2) is 59.6 Å². The SMILES string of the molecule is CC/N=C1/CC2(CCN(C(=O)OCc3ccccc3)CC2)c2ccccc21. The molecule has 0 atom stereocenters. The summed E-state index contributed by atoms with van der Waals surface area (Å²) in [7, 11) is 0. The Morgan fingerprint density at radius 3 is 2.52 bits per heavy atom. The van der Waals surface area contributed by atoms with Gasteiger partial charge in [0.25, 0.3) is 0 Å². The summed E-state index contributed by atoms with van der Waals surface area (Å²) < 4.78 is 5.51. The second-order valence-electron chi connectivity index (χ2n) is 7.45. The molecule has 1 aliphatic heterocycles. The van der Waals surface area contributed by atoms with E-state index in [9.17, 15) is 4.79 Å². The summed E-state index contributed by atoms with van der Waals surface area (Å²) in [6, 6.07) is 18.5. The molecule has 1 saturated heterocycles. The van der Waals surface area contributed by atoms with Gasteiger partial charge >= 0.3 is 6.09 Å². The molecule has 1 fully saturated rings. The number of aliphatic imine (C=N–C) groups is 1. The van der Waals surface area contributed by atoms with Gasteiger partial charge in [-0.1, -0.05) is 54.6 Å². The summed E-state index contributed by atoms with van der Waals surface area (Å²) in [5.41, 5.74) is 5.09. The molecule has 1 aliphatic carbocycles. The van der Waals surface area contributed by atoms with Gasteiger partial charge in [0.05, 0.1) is 0 Å². The van der Waals surface area contributed by atoms with Crippen molar-refractivity contribution in [2.75, 3.05) is 19.6 Å². The standard InChI is InChI=1S/C23H26N2O2/c1-2-24-21-16-23(20-11-7-6-10-19(20)21)12-14-25(15-13-23)22(26)27-17-18-8-4-3-5-9-18/h3-11H,2,12-17H2,1H3/b24-21-. The van der Waals surface area contributed by atoms with E-state index in [-0.39, 0.29) is 11.5 Å². The van der Waals surface area contributed by atoms with Crippen LogP contribution in [0.2, 0.25) is 0 Å². The van der Waals surface area contributed by atoms with E-state index < -0.39 is 0 Å². The second-order valence-corrected chi connectivity index (χ2v) is 7.45. The van der Waals surface area contributed by atoms with Crippen LogP contribution < -0.4 is 0 Å². The van der Waals surface area contributed by atoms with Crippen LogP contribution in [0.5, 0.6) is 0 Å². The molecule has 1 heterocycles. The molecule has 0 N–H and O–H groups in total. The molecule has 2 aromatic carbocycles. The minimum absolute atomic E-state index is 0.126. The molecule has 0 bridgehead atoms. The smallest absolute Gasteiger partial charge is 0.410 e. The molecular formula is C23H26N2O2. The van der Waals surface area contributed by atoms with Gasteiger partial charge in [-0.15, -0.1) is 0 Å². The van der Waals surface area contributed by atoms with E-state index in [1.54, 1.807) is 0 Å². The number of carbonyl (C=O) groups is 1. The molecule has 2 aliphatic rings. The fourth-order valence-electron chi connectivity index (χ4n) is 4.41. The highest BCUT2D eigenvalue weighted by Gasteiger charge is 2.44. The molecule has 4 nitrogen and oxygen atoms in total. The molecule has 4 heteroatoms. The van der Waals surface area contributed by atoms with Crippen LogP contribution >= 0.6 is 0 Å². The third-order valence-corrected chi connectivity index (χ3v) is 5.85. The van der Waals surface area contributed by atoms with Gasteiger partial charge in [0.15, 0.2) is 0 Å². The summed E-state index contributed by atoms with van der Waals surface area (Å²) in [5.74, 6) is 0. The number of ether oxygens (including phenoxy) is 1. The van der Waals surface area contributed by atoms with Crippen LogP contribution in [-0.2, 0) is 16.8 Å². The lowest BCUT2D eigenvalue weighted by atomic mass is 9.74. The van der Waals surface area contributed by atoms with Crippen molar-refractivity contribution in [3.63, 3.8) is 0 Å². The van der Waals surface area contributed by atoms with Crippen molar-refractivity contribution in [1.82, 2.24) is 4.90 Å². The van der Waals surface area contributed by atoms with E-state index in [1.165, 1.54) is 16.8 Å². The average Bonchev–Trinajstić information content (AvgIpc) is 3.01. The quantitative estimate of drug-likeness (QED) is 0.803. The molecule has 0 saturated carbocycles. The fraction of sp³-hybridized carbons (Fsp3) is 0.391. The highest BCUT2D eigenvalue weighted by Crippen LogP contribution is 2.46. The van der Waals surface area contributed by atoms with Crippen molar-refractivity contribution >= 4 is 11.8 Å². The van der Waals surface area contributed by atoms with E-state index in [0.29, 0.717) is 6.61 Å². The van der Waals surface area contributed by atoms with Crippen LogP contribution in [0.25, 0.3) is 0 Å². The number of likely N-dealkylation sites (tertiary alicyclic amines) is 1. The maximum Gasteiger partial charge on any atom is 0.410 e. The van der Waals surface area contributed by atoms with Crippen LogP contribution in [0.4, 0.5) is 4.79 Å². The summed E-state index contributed by atoms with van der Waals surface area (Å²) in [5, 5.41) is 0. The molecule has 1 spiro atoms. The van der Waals surface area contributed by atoms with Crippen molar-refractivity contribution in [1.29, 1.82) is 0 Å². The maximum absolute atomic E-state index is 12.5. The Kier molecular flexibility index (Phi) is 4.97. The number of amides is 1. The predicted molar refractivity (Wildman–Crippen MR) is 107 cm³/mol. The van der Waals surface area contributed by atoms with Gasteiger partial charge < -0.3 is 9.64 Å². The Bertz CT molecular complexity index is 836. The highest BCUT2D eigenvalue weighted by atomic mass is 16.6. The largest absolute Gasteiger partial charge is 0.445 e. The summed E-state index contributed by atoms with van der Waals surface area (Å²) in [6.07, 6.45) is 2.72. The van der Waals surface area contributed by atoms with E-state index in [2.05, 4.69) is 31.2 Å². The number of hydrogen-bond acceptors (Lipinski definition) is 3. The van der Waals surface area contributed by atoms with Crippen molar-refractivity contribution in [2.45, 2.75) is 38.2 Å². The fourth-order valence-corrected chi connectivity index (χ4v) is 4.41. The number of carbonyl (C=O) groups excluding carboxylic acids is 1. The third kappa shape index (κ3) is 3.48. The van der Waals surface area contributed by atoms with E-state index in [4.69, 9.17) is 9.73 Å². The van der Waals surface area contributed by atoms with Crippen LogP contribution in [-0.4, -0.2) is 36.3 Å². The maximum atomic E-state index is 12.5. The first kappa shape index (κ1) is 17.8. The first-order chi connectivity index (χ1) is 13.2. The zero-order valence-corrected chi connectivity index (χ0v) is 15.9. The monoisotopic (exact) mass is 362 g/mol. The zero-order valence-electron chi connectivity index (χ0n) is 15.9. The Morgan fingerprint density at radius 2 is 1.78 bits per heavy atom. The summed E-state index contributed by atoms with van der Waals surface area (Å²) in [6.45, 7) is 4.71. The molecule has 4 rings (SSSR count). The first-order valence-electron chi connectivity index (χ1n) is 9.81. The Balaban J connectivity index is 1.41. The lowest BCUT2D eigenvalue weighted by molar-refractivity contribution is 0.0785. The molecule has 27 heavy (non-hydrogen) atoms. The molecule has 1 amide bonds. The minimum atomic E-state index is -0.206.